The molecular weight excluding hydrogens is 256 g/mol. The van der Waals surface area contributed by atoms with Crippen molar-refractivity contribution in [2.75, 3.05) is 0 Å². The molecule has 1 aliphatic rings. The summed E-state index contributed by atoms with van der Waals surface area (Å²) < 4.78 is 26.0. The first-order valence-corrected chi connectivity index (χ1v) is 7.72. The Labute approximate surface area is 120 Å². The van der Waals surface area contributed by atoms with Crippen LogP contribution in [0.1, 0.15) is 51.5 Å². The minimum atomic E-state index is -0.775. The van der Waals surface area contributed by atoms with E-state index in [0.29, 0.717) is 12.6 Å². The Morgan fingerprint density at radius 3 is 2.70 bits per heavy atom. The van der Waals surface area contributed by atoms with Crippen molar-refractivity contribution < 1.29 is 8.78 Å². The van der Waals surface area contributed by atoms with Crippen LogP contribution < -0.4 is 5.32 Å². The molecule has 1 fully saturated rings. The van der Waals surface area contributed by atoms with E-state index < -0.39 is 11.6 Å². The summed E-state index contributed by atoms with van der Waals surface area (Å²) in [5.74, 6) is 0.0326. The number of nitrogens with one attached hydrogen (secondary N) is 1. The predicted molar refractivity (Wildman–Crippen MR) is 78.4 cm³/mol. The molecule has 1 N–H and O–H groups in total. The SMILES string of the molecule is CC(C)CC1CCCC(NCc2ccc(F)c(F)c2)C1. The van der Waals surface area contributed by atoms with Crippen LogP contribution in [-0.2, 0) is 6.54 Å². The summed E-state index contributed by atoms with van der Waals surface area (Å²) in [5, 5.41) is 3.50. The molecule has 1 aromatic rings. The summed E-state index contributed by atoms with van der Waals surface area (Å²) in [6, 6.07) is 4.66. The van der Waals surface area contributed by atoms with Crippen molar-refractivity contribution in [2.24, 2.45) is 11.8 Å². The summed E-state index contributed by atoms with van der Waals surface area (Å²) in [6.45, 7) is 5.17. The molecule has 0 radical (unpaired) electrons. The Morgan fingerprint density at radius 2 is 2.00 bits per heavy atom. The number of halogens is 2. The van der Waals surface area contributed by atoms with E-state index in [2.05, 4.69) is 19.2 Å². The number of benzene rings is 1. The van der Waals surface area contributed by atoms with Crippen molar-refractivity contribution in [3.63, 3.8) is 0 Å². The van der Waals surface area contributed by atoms with Gasteiger partial charge in [0.25, 0.3) is 0 Å². The maximum Gasteiger partial charge on any atom is 0.159 e. The van der Waals surface area contributed by atoms with E-state index in [9.17, 15) is 8.78 Å². The van der Waals surface area contributed by atoms with Gasteiger partial charge in [0.2, 0.25) is 0 Å². The summed E-state index contributed by atoms with van der Waals surface area (Å²) in [5.41, 5.74) is 0.815. The predicted octanol–water partition coefficient (Wildman–Crippen LogP) is 4.66. The topological polar surface area (TPSA) is 12.0 Å². The van der Waals surface area contributed by atoms with Crippen molar-refractivity contribution in [3.05, 3.63) is 35.4 Å². The molecule has 0 aromatic heterocycles. The molecule has 0 saturated heterocycles. The van der Waals surface area contributed by atoms with Gasteiger partial charge < -0.3 is 5.32 Å². The molecular formula is C17H25F2N. The minimum absolute atomic E-state index is 0.514. The fourth-order valence-electron chi connectivity index (χ4n) is 3.27. The molecule has 1 saturated carbocycles. The highest BCUT2D eigenvalue weighted by atomic mass is 19.2. The van der Waals surface area contributed by atoms with Gasteiger partial charge in [-0.15, -0.1) is 0 Å². The van der Waals surface area contributed by atoms with E-state index in [1.165, 1.54) is 44.2 Å². The second-order valence-electron chi connectivity index (χ2n) is 6.49. The second kappa shape index (κ2) is 7.16. The molecule has 3 heteroatoms. The lowest BCUT2D eigenvalue weighted by Crippen LogP contribution is -2.34. The molecule has 1 nitrogen and oxygen atoms in total. The Balaban J connectivity index is 1.82. The third-order valence-corrected chi connectivity index (χ3v) is 4.17. The molecule has 1 aromatic carbocycles. The molecule has 0 bridgehead atoms. The molecule has 0 spiro atoms. The Kier molecular flexibility index (Phi) is 5.53. The van der Waals surface area contributed by atoms with E-state index >= 15 is 0 Å². The zero-order valence-electron chi connectivity index (χ0n) is 12.5. The average molecular weight is 281 g/mol. The highest BCUT2D eigenvalue weighted by Crippen LogP contribution is 2.29. The monoisotopic (exact) mass is 281 g/mol. The normalized spacial score (nSPS) is 23.2. The molecule has 2 atom stereocenters. The van der Waals surface area contributed by atoms with Crippen LogP contribution in [-0.4, -0.2) is 6.04 Å². The van der Waals surface area contributed by atoms with Gasteiger partial charge in [0.1, 0.15) is 0 Å². The van der Waals surface area contributed by atoms with Crippen molar-refractivity contribution in [2.45, 2.75) is 58.5 Å². The van der Waals surface area contributed by atoms with E-state index in [1.807, 2.05) is 0 Å². The van der Waals surface area contributed by atoms with Crippen LogP contribution in [0.2, 0.25) is 0 Å². The summed E-state index contributed by atoms with van der Waals surface area (Å²) in [4.78, 5) is 0. The van der Waals surface area contributed by atoms with E-state index in [4.69, 9.17) is 0 Å². The molecule has 2 unspecified atom stereocenters. The maximum atomic E-state index is 13.1. The van der Waals surface area contributed by atoms with Gasteiger partial charge in [-0.25, -0.2) is 8.78 Å². The van der Waals surface area contributed by atoms with Gasteiger partial charge in [0.15, 0.2) is 11.6 Å². The lowest BCUT2D eigenvalue weighted by Gasteiger charge is -2.31. The van der Waals surface area contributed by atoms with E-state index in [0.717, 1.165) is 17.4 Å². The van der Waals surface area contributed by atoms with Crippen molar-refractivity contribution in [1.29, 1.82) is 0 Å². The smallest absolute Gasteiger partial charge is 0.159 e. The fraction of sp³-hybridized carbons (Fsp3) is 0.647. The molecule has 112 valence electrons. The molecule has 0 aliphatic heterocycles. The first-order chi connectivity index (χ1) is 9.54. The third-order valence-electron chi connectivity index (χ3n) is 4.17. The lowest BCUT2D eigenvalue weighted by atomic mass is 9.81. The molecule has 20 heavy (non-hydrogen) atoms. The number of rotatable bonds is 5. The number of hydrogen-bond acceptors (Lipinski definition) is 1. The van der Waals surface area contributed by atoms with Crippen LogP contribution in [0.3, 0.4) is 0 Å². The van der Waals surface area contributed by atoms with Crippen LogP contribution in [0, 0.1) is 23.5 Å². The van der Waals surface area contributed by atoms with Crippen LogP contribution in [0.25, 0.3) is 0 Å². The molecule has 0 amide bonds. The Hall–Kier alpha value is -0.960. The largest absolute Gasteiger partial charge is 0.310 e. The standard InChI is InChI=1S/C17H25F2N/c1-12(2)8-13-4-3-5-15(9-13)20-11-14-6-7-16(18)17(19)10-14/h6-7,10,12-13,15,20H,3-5,8-9,11H2,1-2H3. The maximum absolute atomic E-state index is 13.1. The van der Waals surface area contributed by atoms with Gasteiger partial charge in [0, 0.05) is 12.6 Å². The summed E-state index contributed by atoms with van der Waals surface area (Å²) in [7, 11) is 0. The second-order valence-corrected chi connectivity index (χ2v) is 6.49. The van der Waals surface area contributed by atoms with Gasteiger partial charge in [-0.2, -0.15) is 0 Å². The summed E-state index contributed by atoms with van der Waals surface area (Å²) in [6.07, 6.45) is 6.30. The van der Waals surface area contributed by atoms with Gasteiger partial charge in [0.05, 0.1) is 0 Å². The highest BCUT2D eigenvalue weighted by molar-refractivity contribution is 5.17. The molecule has 1 aliphatic carbocycles. The van der Waals surface area contributed by atoms with Gasteiger partial charge in [-0.3, -0.25) is 0 Å². The first-order valence-electron chi connectivity index (χ1n) is 7.72. The van der Waals surface area contributed by atoms with Crippen LogP contribution in [0.5, 0.6) is 0 Å². The fourth-order valence-corrected chi connectivity index (χ4v) is 3.27. The minimum Gasteiger partial charge on any atom is -0.310 e. The van der Waals surface area contributed by atoms with E-state index in [-0.39, 0.29) is 0 Å². The summed E-state index contributed by atoms with van der Waals surface area (Å²) >= 11 is 0. The Bertz CT molecular complexity index is 431. The van der Waals surface area contributed by atoms with Crippen molar-refractivity contribution in [1.82, 2.24) is 5.32 Å². The quantitative estimate of drug-likeness (QED) is 0.827. The van der Waals surface area contributed by atoms with Crippen LogP contribution in [0.4, 0.5) is 8.78 Å². The zero-order chi connectivity index (χ0) is 14.5. The van der Waals surface area contributed by atoms with Crippen molar-refractivity contribution >= 4 is 0 Å². The first kappa shape index (κ1) is 15.4. The van der Waals surface area contributed by atoms with E-state index in [1.54, 1.807) is 6.07 Å². The van der Waals surface area contributed by atoms with Gasteiger partial charge in [-0.1, -0.05) is 32.8 Å². The van der Waals surface area contributed by atoms with Crippen LogP contribution in [0.15, 0.2) is 18.2 Å². The van der Waals surface area contributed by atoms with Gasteiger partial charge >= 0.3 is 0 Å². The third kappa shape index (κ3) is 4.55. The number of hydrogen-bond donors (Lipinski definition) is 1. The molecule has 2 rings (SSSR count). The lowest BCUT2D eigenvalue weighted by molar-refractivity contribution is 0.252. The highest BCUT2D eigenvalue weighted by Gasteiger charge is 2.22. The van der Waals surface area contributed by atoms with Gasteiger partial charge in [-0.05, 0) is 48.8 Å². The van der Waals surface area contributed by atoms with Crippen molar-refractivity contribution in [3.8, 4) is 0 Å². The van der Waals surface area contributed by atoms with Crippen LogP contribution >= 0.6 is 0 Å². The Morgan fingerprint density at radius 1 is 1.20 bits per heavy atom. The molecule has 0 heterocycles. The zero-order valence-corrected chi connectivity index (χ0v) is 12.5. The average Bonchev–Trinajstić information content (AvgIpc) is 2.40.